The van der Waals surface area contributed by atoms with E-state index in [4.69, 9.17) is 5.11 Å². The number of carbonyl (C=O) groups is 2. The summed E-state index contributed by atoms with van der Waals surface area (Å²) >= 11 is 0.813. The highest BCUT2D eigenvalue weighted by atomic mass is 32.1. The Hall–Kier alpha value is -1.64. The van der Waals surface area contributed by atoms with Crippen molar-refractivity contribution in [1.29, 1.82) is 0 Å². The predicted molar refractivity (Wildman–Crippen MR) is 74.3 cm³/mol. The van der Waals surface area contributed by atoms with E-state index in [1.165, 1.54) is 13.8 Å². The molecule has 0 radical (unpaired) electrons. The molecule has 2 N–H and O–H groups in total. The average Bonchev–Trinajstić information content (AvgIpc) is 2.84. The monoisotopic (exact) mass is 338 g/mol. The third-order valence-corrected chi connectivity index (χ3v) is 3.99. The maximum atomic E-state index is 12.5. The van der Waals surface area contributed by atoms with E-state index in [2.05, 4.69) is 10.3 Å². The standard InChI is InChI=1S/C13H17F3N2O3S/c1-4-7(10-18-8(6-22-10)13(14,15)16)17-9(19)5-12(2,3)11(20)21/h6-7H,4-5H2,1-3H3,(H,17,19)(H,20,21). The minimum Gasteiger partial charge on any atom is -0.481 e. The molecule has 1 rings (SSSR count). The normalized spacial score (nSPS) is 13.7. The van der Waals surface area contributed by atoms with Gasteiger partial charge in [-0.25, -0.2) is 4.98 Å². The Labute approximate surface area is 129 Å². The second-order valence-corrected chi connectivity index (χ2v) is 6.35. The van der Waals surface area contributed by atoms with E-state index in [1.54, 1.807) is 6.92 Å². The Balaban J connectivity index is 2.79. The van der Waals surface area contributed by atoms with E-state index in [1.807, 2.05) is 0 Å². The van der Waals surface area contributed by atoms with E-state index >= 15 is 0 Å². The number of carboxylic acid groups (broad SMARTS) is 1. The lowest BCUT2D eigenvalue weighted by Gasteiger charge is -2.21. The molecule has 0 saturated heterocycles. The summed E-state index contributed by atoms with van der Waals surface area (Å²) in [6, 6.07) is -0.668. The van der Waals surface area contributed by atoms with Gasteiger partial charge in [0.25, 0.3) is 0 Å². The molecule has 0 aliphatic heterocycles. The molecular weight excluding hydrogens is 321 g/mol. The first kappa shape index (κ1) is 18.4. The Morgan fingerprint density at radius 2 is 2.00 bits per heavy atom. The quantitative estimate of drug-likeness (QED) is 0.835. The molecular formula is C13H17F3N2O3S. The third kappa shape index (κ3) is 4.69. The second-order valence-electron chi connectivity index (χ2n) is 5.46. The van der Waals surface area contributed by atoms with Crippen molar-refractivity contribution in [3.05, 3.63) is 16.1 Å². The van der Waals surface area contributed by atoms with E-state index in [-0.39, 0.29) is 11.4 Å². The smallest absolute Gasteiger partial charge is 0.434 e. The lowest BCUT2D eigenvalue weighted by Crippen LogP contribution is -2.35. The zero-order chi connectivity index (χ0) is 17.1. The highest BCUT2D eigenvalue weighted by molar-refractivity contribution is 7.09. The van der Waals surface area contributed by atoms with Crippen molar-refractivity contribution >= 4 is 23.2 Å². The van der Waals surface area contributed by atoms with Gasteiger partial charge in [-0.15, -0.1) is 11.3 Å². The number of aromatic nitrogens is 1. The maximum absolute atomic E-state index is 12.5. The summed E-state index contributed by atoms with van der Waals surface area (Å²) in [5, 5.41) is 12.6. The fourth-order valence-corrected chi connectivity index (χ4v) is 2.60. The van der Waals surface area contributed by atoms with Gasteiger partial charge < -0.3 is 10.4 Å². The molecule has 1 aromatic rings. The van der Waals surface area contributed by atoms with E-state index in [0.29, 0.717) is 6.42 Å². The number of nitrogens with one attached hydrogen (secondary N) is 1. The summed E-state index contributed by atoms with van der Waals surface area (Å²) in [7, 11) is 0. The lowest BCUT2D eigenvalue weighted by molar-refractivity contribution is -0.149. The van der Waals surface area contributed by atoms with Gasteiger partial charge in [-0.3, -0.25) is 9.59 Å². The van der Waals surface area contributed by atoms with Gasteiger partial charge in [-0.2, -0.15) is 13.2 Å². The molecule has 0 fully saturated rings. The molecule has 1 aromatic heterocycles. The highest BCUT2D eigenvalue weighted by Gasteiger charge is 2.35. The fraction of sp³-hybridized carbons (Fsp3) is 0.615. The maximum Gasteiger partial charge on any atom is 0.434 e. The molecule has 0 aromatic carbocycles. The van der Waals surface area contributed by atoms with Crippen LogP contribution in [0, 0.1) is 5.41 Å². The summed E-state index contributed by atoms with van der Waals surface area (Å²) in [5.41, 5.74) is -2.24. The molecule has 1 unspecified atom stereocenters. The Morgan fingerprint density at radius 3 is 2.41 bits per heavy atom. The van der Waals surface area contributed by atoms with Gasteiger partial charge in [0, 0.05) is 11.8 Å². The van der Waals surface area contributed by atoms with Crippen LogP contribution in [0.4, 0.5) is 13.2 Å². The molecule has 1 heterocycles. The topological polar surface area (TPSA) is 79.3 Å². The van der Waals surface area contributed by atoms with Crippen molar-refractivity contribution in [1.82, 2.24) is 10.3 Å². The molecule has 1 amide bonds. The van der Waals surface area contributed by atoms with Crippen LogP contribution in [-0.4, -0.2) is 22.0 Å². The Bertz CT molecular complexity index is 555. The van der Waals surface area contributed by atoms with Crippen molar-refractivity contribution in [3.63, 3.8) is 0 Å². The Kier molecular flexibility index (Phi) is 5.55. The van der Waals surface area contributed by atoms with Crippen LogP contribution in [-0.2, 0) is 15.8 Å². The van der Waals surface area contributed by atoms with Crippen LogP contribution in [0.1, 0.15) is 50.4 Å². The number of amides is 1. The number of carboxylic acids is 1. The zero-order valence-corrected chi connectivity index (χ0v) is 13.1. The number of nitrogens with zero attached hydrogens (tertiary/aromatic N) is 1. The zero-order valence-electron chi connectivity index (χ0n) is 12.3. The fourth-order valence-electron chi connectivity index (χ4n) is 1.64. The van der Waals surface area contributed by atoms with Crippen molar-refractivity contribution in [2.45, 2.75) is 45.8 Å². The van der Waals surface area contributed by atoms with Crippen molar-refractivity contribution < 1.29 is 27.9 Å². The van der Waals surface area contributed by atoms with Gasteiger partial charge in [0.2, 0.25) is 5.91 Å². The summed E-state index contributed by atoms with van der Waals surface area (Å²) in [6.45, 7) is 4.50. The number of hydrogen-bond donors (Lipinski definition) is 2. The molecule has 0 spiro atoms. The van der Waals surface area contributed by atoms with E-state index in [9.17, 15) is 22.8 Å². The van der Waals surface area contributed by atoms with Crippen LogP contribution in [0.2, 0.25) is 0 Å². The van der Waals surface area contributed by atoms with Crippen LogP contribution in [0.5, 0.6) is 0 Å². The molecule has 0 bridgehead atoms. The average molecular weight is 338 g/mol. The van der Waals surface area contributed by atoms with Gasteiger partial charge in [0.1, 0.15) is 5.01 Å². The van der Waals surface area contributed by atoms with Crippen LogP contribution < -0.4 is 5.32 Å². The van der Waals surface area contributed by atoms with Crippen LogP contribution >= 0.6 is 11.3 Å². The minimum atomic E-state index is -4.53. The Morgan fingerprint density at radius 1 is 1.41 bits per heavy atom. The number of hydrogen-bond acceptors (Lipinski definition) is 4. The SMILES string of the molecule is CCC(NC(=O)CC(C)(C)C(=O)O)c1nc(C(F)(F)F)cs1. The first-order valence-electron chi connectivity index (χ1n) is 6.52. The first-order valence-corrected chi connectivity index (χ1v) is 7.40. The third-order valence-electron chi connectivity index (χ3n) is 3.04. The lowest BCUT2D eigenvalue weighted by atomic mass is 9.89. The molecule has 1 atom stereocenters. The summed E-state index contributed by atoms with van der Waals surface area (Å²) in [4.78, 5) is 26.4. The van der Waals surface area contributed by atoms with Gasteiger partial charge in [-0.1, -0.05) is 6.92 Å². The minimum absolute atomic E-state index is 0.149. The van der Waals surface area contributed by atoms with Crippen LogP contribution in [0.15, 0.2) is 5.38 Å². The molecule has 5 nitrogen and oxygen atoms in total. The van der Waals surface area contributed by atoms with E-state index in [0.717, 1.165) is 16.7 Å². The summed E-state index contributed by atoms with van der Waals surface area (Å²) < 4.78 is 37.6. The van der Waals surface area contributed by atoms with Gasteiger partial charge in [0.05, 0.1) is 11.5 Å². The molecule has 0 aliphatic rings. The highest BCUT2D eigenvalue weighted by Crippen LogP contribution is 2.32. The molecule has 0 aliphatic carbocycles. The predicted octanol–water partition coefficient (Wildman–Crippen LogP) is 3.23. The van der Waals surface area contributed by atoms with Crippen LogP contribution in [0.3, 0.4) is 0 Å². The van der Waals surface area contributed by atoms with Crippen LogP contribution in [0.25, 0.3) is 0 Å². The number of rotatable bonds is 6. The number of aliphatic carboxylic acids is 1. The first-order chi connectivity index (χ1) is 9.97. The van der Waals surface area contributed by atoms with E-state index < -0.39 is 35.2 Å². The second kappa shape index (κ2) is 6.64. The van der Waals surface area contributed by atoms with Crippen molar-refractivity contribution in [2.24, 2.45) is 5.41 Å². The molecule has 0 saturated carbocycles. The largest absolute Gasteiger partial charge is 0.481 e. The number of thiazole rings is 1. The number of alkyl halides is 3. The number of halogens is 3. The molecule has 124 valence electrons. The summed E-state index contributed by atoms with van der Waals surface area (Å²) in [6.07, 6.45) is -4.44. The molecule has 9 heteroatoms. The van der Waals surface area contributed by atoms with Gasteiger partial charge in [0.15, 0.2) is 5.69 Å². The van der Waals surface area contributed by atoms with Crippen molar-refractivity contribution in [3.8, 4) is 0 Å². The summed E-state index contributed by atoms with van der Waals surface area (Å²) in [5.74, 6) is -1.66. The number of carbonyl (C=O) groups excluding carboxylic acids is 1. The molecule has 22 heavy (non-hydrogen) atoms. The van der Waals surface area contributed by atoms with Crippen molar-refractivity contribution in [2.75, 3.05) is 0 Å². The van der Waals surface area contributed by atoms with Gasteiger partial charge >= 0.3 is 12.1 Å². The van der Waals surface area contributed by atoms with Gasteiger partial charge in [-0.05, 0) is 20.3 Å².